The lowest BCUT2D eigenvalue weighted by atomic mass is 10.1. The third-order valence-electron chi connectivity index (χ3n) is 4.72. The average Bonchev–Trinajstić information content (AvgIpc) is 2.76. The Bertz CT molecular complexity index is 981. The van der Waals surface area contributed by atoms with Crippen molar-refractivity contribution >= 4 is 17.5 Å². The maximum Gasteiger partial charge on any atom is 0.265 e. The number of likely N-dealkylation sites (N-methyl/N-ethyl adjacent to an activating group) is 1. The van der Waals surface area contributed by atoms with Crippen molar-refractivity contribution in [2.75, 3.05) is 19.4 Å². The normalized spacial score (nSPS) is 11.4. The van der Waals surface area contributed by atoms with Crippen LogP contribution < -0.4 is 10.1 Å². The number of anilines is 1. The summed E-state index contributed by atoms with van der Waals surface area (Å²) in [6.07, 6.45) is -0.317. The van der Waals surface area contributed by atoms with Crippen LogP contribution in [-0.4, -0.2) is 36.9 Å². The summed E-state index contributed by atoms with van der Waals surface area (Å²) in [4.78, 5) is 25.8. The molecule has 0 radical (unpaired) electrons. The van der Waals surface area contributed by atoms with E-state index in [-0.39, 0.29) is 11.8 Å². The maximum absolute atomic E-state index is 12.5. The number of nitrogens with one attached hydrogen (secondary N) is 1. The molecule has 0 bridgehead atoms. The van der Waals surface area contributed by atoms with Gasteiger partial charge in [0.05, 0.1) is 6.42 Å². The Hall–Kier alpha value is -3.60. The molecule has 154 valence electrons. The fraction of sp³-hybridized carbons (Fsp3) is 0.200. The number of hydrogen-bond acceptors (Lipinski definition) is 3. The lowest BCUT2D eigenvalue weighted by Gasteiger charge is -2.15. The zero-order valence-electron chi connectivity index (χ0n) is 17.5. The predicted octanol–water partition coefficient (Wildman–Crippen LogP) is 4.39. The Morgan fingerprint density at radius 3 is 2.07 bits per heavy atom. The fourth-order valence-electron chi connectivity index (χ4n) is 2.90. The second-order valence-electron chi connectivity index (χ2n) is 7.30. The summed E-state index contributed by atoms with van der Waals surface area (Å²) in [6.45, 7) is 1.71. The molecular weight excluding hydrogens is 376 g/mol. The van der Waals surface area contributed by atoms with E-state index in [2.05, 4.69) is 5.32 Å². The minimum Gasteiger partial charge on any atom is -0.481 e. The van der Waals surface area contributed by atoms with Gasteiger partial charge in [0.2, 0.25) is 5.91 Å². The highest BCUT2D eigenvalue weighted by atomic mass is 16.5. The van der Waals surface area contributed by atoms with E-state index < -0.39 is 6.10 Å². The van der Waals surface area contributed by atoms with E-state index in [4.69, 9.17) is 4.74 Å². The highest BCUT2D eigenvalue weighted by molar-refractivity contribution is 5.94. The summed E-state index contributed by atoms with van der Waals surface area (Å²) in [5.41, 5.74) is 3.78. The molecule has 1 unspecified atom stereocenters. The summed E-state index contributed by atoms with van der Waals surface area (Å²) in [5, 5.41) is 2.84. The van der Waals surface area contributed by atoms with Crippen LogP contribution in [0.2, 0.25) is 0 Å². The smallest absolute Gasteiger partial charge is 0.265 e. The molecule has 2 amide bonds. The van der Waals surface area contributed by atoms with Gasteiger partial charge in [-0.15, -0.1) is 0 Å². The molecule has 5 heteroatoms. The van der Waals surface area contributed by atoms with Gasteiger partial charge in [0.15, 0.2) is 6.10 Å². The zero-order valence-corrected chi connectivity index (χ0v) is 17.5. The standard InChI is InChI=1S/C25H26N2O3/c1-18(30-23-15-11-21(12-16-23)20-7-5-4-6-8-20)25(29)26-22-13-9-19(10-14-22)17-24(28)27(2)3/h4-16,18H,17H2,1-3H3,(H,26,29). The number of carbonyl (C=O) groups is 2. The van der Waals surface area contributed by atoms with Crippen LogP contribution in [0.1, 0.15) is 12.5 Å². The minimum atomic E-state index is -0.650. The summed E-state index contributed by atoms with van der Waals surface area (Å²) in [5.74, 6) is 0.432. The number of carbonyl (C=O) groups excluding carboxylic acids is 2. The van der Waals surface area contributed by atoms with E-state index in [9.17, 15) is 9.59 Å². The van der Waals surface area contributed by atoms with Gasteiger partial charge in [0.1, 0.15) is 5.75 Å². The van der Waals surface area contributed by atoms with Gasteiger partial charge in [-0.1, -0.05) is 54.6 Å². The molecule has 0 heterocycles. The first kappa shape index (κ1) is 21.1. The van der Waals surface area contributed by atoms with E-state index >= 15 is 0 Å². The molecule has 0 aliphatic rings. The minimum absolute atomic E-state index is 0.0343. The van der Waals surface area contributed by atoms with E-state index in [0.717, 1.165) is 16.7 Å². The van der Waals surface area contributed by atoms with Crippen LogP contribution in [0, 0.1) is 0 Å². The van der Waals surface area contributed by atoms with Crippen molar-refractivity contribution in [2.45, 2.75) is 19.4 Å². The van der Waals surface area contributed by atoms with Crippen LogP contribution in [0.25, 0.3) is 11.1 Å². The Morgan fingerprint density at radius 2 is 1.47 bits per heavy atom. The van der Waals surface area contributed by atoms with Crippen LogP contribution in [0.5, 0.6) is 5.75 Å². The molecule has 0 aliphatic carbocycles. The lowest BCUT2D eigenvalue weighted by molar-refractivity contribution is -0.128. The van der Waals surface area contributed by atoms with Crippen LogP contribution in [0.15, 0.2) is 78.9 Å². The summed E-state index contributed by atoms with van der Waals surface area (Å²) in [6, 6.07) is 25.0. The topological polar surface area (TPSA) is 58.6 Å². The average molecular weight is 402 g/mol. The molecule has 0 fully saturated rings. The van der Waals surface area contributed by atoms with Gasteiger partial charge in [0.25, 0.3) is 5.91 Å². The SMILES string of the molecule is CC(Oc1ccc(-c2ccccc2)cc1)C(=O)Nc1ccc(CC(=O)N(C)C)cc1. The van der Waals surface area contributed by atoms with Gasteiger partial charge in [-0.3, -0.25) is 9.59 Å². The molecule has 1 N–H and O–H groups in total. The van der Waals surface area contributed by atoms with Crippen molar-refractivity contribution in [1.82, 2.24) is 4.90 Å². The summed E-state index contributed by atoms with van der Waals surface area (Å²) >= 11 is 0. The first-order valence-corrected chi connectivity index (χ1v) is 9.84. The van der Waals surface area contributed by atoms with Gasteiger partial charge in [-0.05, 0) is 47.9 Å². The number of rotatable bonds is 7. The van der Waals surface area contributed by atoms with E-state index in [1.54, 1.807) is 38.1 Å². The Morgan fingerprint density at radius 1 is 0.867 bits per heavy atom. The van der Waals surface area contributed by atoms with Gasteiger partial charge in [0, 0.05) is 19.8 Å². The zero-order chi connectivity index (χ0) is 21.5. The molecule has 0 saturated carbocycles. The molecule has 30 heavy (non-hydrogen) atoms. The van der Waals surface area contributed by atoms with Crippen molar-refractivity contribution in [3.05, 3.63) is 84.4 Å². The third kappa shape index (κ3) is 5.70. The molecule has 0 saturated heterocycles. The molecule has 0 spiro atoms. The van der Waals surface area contributed by atoms with Crippen molar-refractivity contribution < 1.29 is 14.3 Å². The van der Waals surface area contributed by atoms with Crippen LogP contribution in [0.4, 0.5) is 5.69 Å². The van der Waals surface area contributed by atoms with Crippen LogP contribution in [0.3, 0.4) is 0 Å². The Labute approximate surface area is 177 Å². The lowest BCUT2D eigenvalue weighted by Crippen LogP contribution is -2.30. The first-order valence-electron chi connectivity index (χ1n) is 9.84. The van der Waals surface area contributed by atoms with Crippen LogP contribution in [-0.2, 0) is 16.0 Å². The predicted molar refractivity (Wildman–Crippen MR) is 119 cm³/mol. The fourth-order valence-corrected chi connectivity index (χ4v) is 2.90. The number of hydrogen-bond donors (Lipinski definition) is 1. The van der Waals surface area contributed by atoms with Crippen molar-refractivity contribution in [1.29, 1.82) is 0 Å². The van der Waals surface area contributed by atoms with Gasteiger partial charge >= 0.3 is 0 Å². The number of ether oxygens (including phenoxy) is 1. The molecule has 5 nitrogen and oxygen atoms in total. The van der Waals surface area contributed by atoms with Crippen LogP contribution >= 0.6 is 0 Å². The number of amides is 2. The molecule has 3 aromatic rings. The molecule has 1 atom stereocenters. The van der Waals surface area contributed by atoms with Crippen molar-refractivity contribution in [3.8, 4) is 16.9 Å². The molecule has 0 aliphatic heterocycles. The van der Waals surface area contributed by atoms with E-state index in [1.807, 2.05) is 66.7 Å². The Kier molecular flexibility index (Phi) is 6.86. The maximum atomic E-state index is 12.5. The molecule has 0 aromatic heterocycles. The van der Waals surface area contributed by atoms with Gasteiger partial charge < -0.3 is 15.0 Å². The van der Waals surface area contributed by atoms with E-state index in [0.29, 0.717) is 17.9 Å². The third-order valence-corrected chi connectivity index (χ3v) is 4.72. The van der Waals surface area contributed by atoms with Gasteiger partial charge in [-0.25, -0.2) is 0 Å². The highest BCUT2D eigenvalue weighted by Crippen LogP contribution is 2.23. The second-order valence-corrected chi connectivity index (χ2v) is 7.30. The largest absolute Gasteiger partial charge is 0.481 e. The second kappa shape index (κ2) is 9.74. The quantitative estimate of drug-likeness (QED) is 0.638. The number of nitrogens with zero attached hydrogens (tertiary/aromatic N) is 1. The molecule has 3 rings (SSSR count). The van der Waals surface area contributed by atoms with E-state index in [1.165, 1.54) is 0 Å². The van der Waals surface area contributed by atoms with Crippen molar-refractivity contribution in [3.63, 3.8) is 0 Å². The summed E-state index contributed by atoms with van der Waals surface area (Å²) < 4.78 is 5.78. The monoisotopic (exact) mass is 402 g/mol. The van der Waals surface area contributed by atoms with Gasteiger partial charge in [-0.2, -0.15) is 0 Å². The molecular formula is C25H26N2O3. The summed E-state index contributed by atoms with van der Waals surface area (Å²) in [7, 11) is 3.46. The number of benzene rings is 3. The highest BCUT2D eigenvalue weighted by Gasteiger charge is 2.15. The first-order chi connectivity index (χ1) is 14.4. The van der Waals surface area contributed by atoms with Crippen molar-refractivity contribution in [2.24, 2.45) is 0 Å². The molecule has 3 aromatic carbocycles. The Balaban J connectivity index is 1.55.